The Morgan fingerprint density at radius 1 is 1.47 bits per heavy atom. The van der Waals surface area contributed by atoms with Crippen molar-refractivity contribution < 1.29 is 9.53 Å². The number of guanidine groups is 1. The predicted octanol–water partition coefficient (Wildman–Crippen LogP) is -0.437. The normalized spacial score (nSPS) is 22.1. The molecule has 0 saturated heterocycles. The van der Waals surface area contributed by atoms with Crippen LogP contribution in [0.4, 0.5) is 0 Å². The van der Waals surface area contributed by atoms with E-state index in [0.717, 1.165) is 0 Å². The van der Waals surface area contributed by atoms with Crippen LogP contribution in [0.2, 0.25) is 0 Å². The van der Waals surface area contributed by atoms with E-state index < -0.39 is 11.5 Å². The monoisotopic (exact) mass is 241 g/mol. The van der Waals surface area contributed by atoms with E-state index in [1.54, 1.807) is 32.7 Å². The molecule has 0 fully saturated rings. The Morgan fingerprint density at radius 2 is 2.00 bits per heavy atom. The third kappa shape index (κ3) is 1.82. The molecule has 96 valence electrons. The van der Waals surface area contributed by atoms with E-state index in [1.165, 1.54) is 12.1 Å². The minimum Gasteiger partial charge on any atom is -0.466 e. The van der Waals surface area contributed by atoms with Gasteiger partial charge in [0.15, 0.2) is 0 Å². The molecule has 0 atom stereocenters. The van der Waals surface area contributed by atoms with Crippen molar-refractivity contribution >= 4 is 11.9 Å². The number of hydrogen-bond donors (Lipinski definition) is 2. The van der Waals surface area contributed by atoms with E-state index in [-0.39, 0.29) is 0 Å². The van der Waals surface area contributed by atoms with Gasteiger partial charge in [0.1, 0.15) is 0 Å². The van der Waals surface area contributed by atoms with Crippen LogP contribution in [0.3, 0.4) is 0 Å². The lowest BCUT2D eigenvalue weighted by molar-refractivity contribution is -0.137. The first-order valence-electron chi connectivity index (χ1n) is 5.15. The van der Waals surface area contributed by atoms with E-state index in [1.807, 2.05) is 0 Å². The van der Waals surface area contributed by atoms with Gasteiger partial charge in [0.2, 0.25) is 5.96 Å². The summed E-state index contributed by atoms with van der Waals surface area (Å²) in [6.07, 6.45) is 0. The number of nitrogens with two attached hydrogens (primary N) is 2. The van der Waals surface area contributed by atoms with E-state index >= 15 is 0 Å². The first-order valence-corrected chi connectivity index (χ1v) is 5.15. The van der Waals surface area contributed by atoms with Gasteiger partial charge in [-0.25, -0.2) is 10.6 Å². The molecule has 0 saturated carbocycles. The van der Waals surface area contributed by atoms with Gasteiger partial charge in [-0.2, -0.15) is 0 Å². The van der Waals surface area contributed by atoms with Crippen LogP contribution in [-0.2, 0) is 9.53 Å². The SMILES string of the molecule is COC(=O)C1=C(C)N(C)/C(=N/N)N(N)C1(C)C. The molecule has 1 aliphatic heterocycles. The van der Waals surface area contributed by atoms with Gasteiger partial charge in [-0.15, -0.1) is 5.10 Å². The second-order valence-electron chi connectivity index (χ2n) is 4.37. The number of methoxy groups -OCH3 is 1. The molecule has 1 rings (SSSR count). The van der Waals surface area contributed by atoms with Crippen LogP contribution in [0, 0.1) is 0 Å². The van der Waals surface area contributed by atoms with Gasteiger partial charge >= 0.3 is 5.97 Å². The second-order valence-corrected chi connectivity index (χ2v) is 4.37. The number of rotatable bonds is 1. The highest BCUT2D eigenvalue weighted by Crippen LogP contribution is 2.32. The molecular weight excluding hydrogens is 222 g/mol. The molecule has 1 heterocycles. The zero-order valence-electron chi connectivity index (χ0n) is 10.8. The Bertz CT molecular complexity index is 400. The smallest absolute Gasteiger partial charge is 0.337 e. The molecule has 0 aromatic heterocycles. The van der Waals surface area contributed by atoms with Gasteiger partial charge in [0.05, 0.1) is 18.2 Å². The Labute approximate surface area is 101 Å². The first-order chi connectivity index (χ1) is 7.78. The summed E-state index contributed by atoms with van der Waals surface area (Å²) >= 11 is 0. The van der Waals surface area contributed by atoms with Crippen LogP contribution >= 0.6 is 0 Å². The van der Waals surface area contributed by atoms with Crippen molar-refractivity contribution in [2.45, 2.75) is 26.3 Å². The zero-order chi connectivity index (χ0) is 13.4. The highest BCUT2D eigenvalue weighted by atomic mass is 16.5. The minimum absolute atomic E-state index is 0.389. The van der Waals surface area contributed by atoms with Crippen LogP contribution in [-0.4, -0.2) is 41.5 Å². The molecule has 1 aliphatic rings. The van der Waals surface area contributed by atoms with Crippen molar-refractivity contribution in [2.24, 2.45) is 16.8 Å². The number of hydrazone groups is 1. The molecule has 0 aromatic carbocycles. The molecular formula is C10H19N5O2. The lowest BCUT2D eigenvalue weighted by Crippen LogP contribution is -2.62. The Balaban J connectivity index is 3.44. The van der Waals surface area contributed by atoms with Crippen LogP contribution in [0.5, 0.6) is 0 Å². The summed E-state index contributed by atoms with van der Waals surface area (Å²) in [6, 6.07) is 0. The summed E-state index contributed by atoms with van der Waals surface area (Å²) in [5.41, 5.74) is 0.465. The molecule has 7 heteroatoms. The molecule has 0 aromatic rings. The highest BCUT2D eigenvalue weighted by molar-refractivity contribution is 5.96. The fourth-order valence-corrected chi connectivity index (χ4v) is 1.94. The molecule has 0 unspecified atom stereocenters. The standard InChI is InChI=1S/C10H19N5O2/c1-6-7(8(16)17-5)10(2,3)15(12)9(13-11)14(6)4/h11-12H2,1-5H3/b13-9-. The van der Waals surface area contributed by atoms with Gasteiger partial charge < -0.3 is 15.5 Å². The fourth-order valence-electron chi connectivity index (χ4n) is 1.94. The van der Waals surface area contributed by atoms with E-state index in [2.05, 4.69) is 5.10 Å². The quantitative estimate of drug-likeness (QED) is 0.367. The molecule has 0 amide bonds. The van der Waals surface area contributed by atoms with E-state index in [0.29, 0.717) is 17.2 Å². The lowest BCUT2D eigenvalue weighted by Gasteiger charge is -2.45. The van der Waals surface area contributed by atoms with Crippen molar-refractivity contribution in [1.82, 2.24) is 9.91 Å². The van der Waals surface area contributed by atoms with Gasteiger partial charge in [-0.1, -0.05) is 0 Å². The maximum Gasteiger partial charge on any atom is 0.337 e. The zero-order valence-corrected chi connectivity index (χ0v) is 10.8. The lowest BCUT2D eigenvalue weighted by atomic mass is 9.89. The van der Waals surface area contributed by atoms with Crippen LogP contribution in [0.15, 0.2) is 16.4 Å². The van der Waals surface area contributed by atoms with E-state index in [4.69, 9.17) is 16.4 Å². The summed E-state index contributed by atoms with van der Waals surface area (Å²) in [7, 11) is 3.07. The van der Waals surface area contributed by atoms with Gasteiger partial charge in [0, 0.05) is 12.7 Å². The number of carbonyl (C=O) groups excluding carboxylic acids is 1. The van der Waals surface area contributed by atoms with Crippen LogP contribution in [0.25, 0.3) is 0 Å². The largest absolute Gasteiger partial charge is 0.466 e. The number of ether oxygens (including phenoxy) is 1. The Hall–Kier alpha value is -1.76. The number of nitrogens with zero attached hydrogens (tertiary/aromatic N) is 3. The minimum atomic E-state index is -0.734. The Kier molecular flexibility index (Phi) is 3.33. The molecule has 0 spiro atoms. The number of carbonyl (C=O) groups is 1. The predicted molar refractivity (Wildman–Crippen MR) is 64.2 cm³/mol. The van der Waals surface area contributed by atoms with Gasteiger partial charge in [-0.05, 0) is 20.8 Å². The average molecular weight is 241 g/mol. The highest BCUT2D eigenvalue weighted by Gasteiger charge is 2.43. The molecule has 0 bridgehead atoms. The third-order valence-corrected chi connectivity index (χ3v) is 3.10. The maximum atomic E-state index is 11.8. The molecule has 4 N–H and O–H groups in total. The first kappa shape index (κ1) is 13.3. The van der Waals surface area contributed by atoms with E-state index in [9.17, 15) is 4.79 Å². The summed E-state index contributed by atoms with van der Waals surface area (Å²) in [6.45, 7) is 5.41. The summed E-state index contributed by atoms with van der Waals surface area (Å²) in [5.74, 6) is 11.2. The molecule has 7 nitrogen and oxygen atoms in total. The van der Waals surface area contributed by atoms with Crippen molar-refractivity contribution in [2.75, 3.05) is 14.2 Å². The van der Waals surface area contributed by atoms with Crippen molar-refractivity contribution in [3.05, 3.63) is 11.3 Å². The molecule has 0 radical (unpaired) electrons. The number of hydrogen-bond acceptors (Lipinski definition) is 5. The third-order valence-electron chi connectivity index (χ3n) is 3.10. The van der Waals surface area contributed by atoms with Crippen molar-refractivity contribution in [3.8, 4) is 0 Å². The topological polar surface area (TPSA) is 97.2 Å². The summed E-state index contributed by atoms with van der Waals surface area (Å²) in [5, 5.41) is 4.99. The summed E-state index contributed by atoms with van der Waals surface area (Å²) < 4.78 is 4.78. The Morgan fingerprint density at radius 3 is 2.41 bits per heavy atom. The molecule has 17 heavy (non-hydrogen) atoms. The fraction of sp³-hybridized carbons (Fsp3) is 0.600. The number of esters is 1. The second kappa shape index (κ2) is 4.25. The van der Waals surface area contributed by atoms with Gasteiger partial charge in [0.25, 0.3) is 0 Å². The van der Waals surface area contributed by atoms with Crippen molar-refractivity contribution in [1.29, 1.82) is 0 Å². The van der Waals surface area contributed by atoms with Crippen molar-refractivity contribution in [3.63, 3.8) is 0 Å². The average Bonchev–Trinajstić information content (AvgIpc) is 2.27. The van der Waals surface area contributed by atoms with Gasteiger partial charge in [-0.3, -0.25) is 5.01 Å². The maximum absolute atomic E-state index is 11.8. The van der Waals surface area contributed by atoms with Crippen LogP contribution in [0.1, 0.15) is 20.8 Å². The number of allylic oxidation sites excluding steroid dienone is 1. The molecule has 0 aliphatic carbocycles. The van der Waals surface area contributed by atoms with Crippen LogP contribution < -0.4 is 11.7 Å². The summed E-state index contributed by atoms with van der Waals surface area (Å²) in [4.78, 5) is 13.5. The number of hydrazine groups is 1.